The van der Waals surface area contributed by atoms with Gasteiger partial charge in [0, 0.05) is 18.0 Å². The fraction of sp³-hybridized carbons (Fsp3) is 0.227. The van der Waals surface area contributed by atoms with Crippen molar-refractivity contribution in [1.82, 2.24) is 29.5 Å². The number of nitrogens with one attached hydrogen (secondary N) is 1. The molecule has 4 aromatic rings. The number of aryl methyl sites for hydroxylation is 2. The molecule has 1 aromatic carbocycles. The highest BCUT2D eigenvalue weighted by molar-refractivity contribution is 5.94. The van der Waals surface area contributed by atoms with Crippen molar-refractivity contribution in [1.29, 1.82) is 0 Å². The molecule has 1 unspecified atom stereocenters. The predicted molar refractivity (Wildman–Crippen MR) is 114 cm³/mol. The third-order valence-corrected chi connectivity index (χ3v) is 5.40. The van der Waals surface area contributed by atoms with E-state index in [9.17, 15) is 4.79 Å². The molecule has 0 aliphatic carbocycles. The Kier molecular flexibility index (Phi) is 4.70. The molecular weight excluding hydrogens is 394 g/mol. The van der Waals surface area contributed by atoms with Crippen LogP contribution in [0.4, 0.5) is 5.69 Å². The minimum atomic E-state index is -0.453. The maximum Gasteiger partial charge on any atom is 0.249 e. The van der Waals surface area contributed by atoms with Crippen molar-refractivity contribution in [2.24, 2.45) is 0 Å². The molecule has 31 heavy (non-hydrogen) atoms. The van der Waals surface area contributed by atoms with Crippen LogP contribution in [0.1, 0.15) is 23.9 Å². The molecule has 1 amide bonds. The molecule has 0 spiro atoms. The number of nitrogens with zero attached hydrogens (tertiary/aromatic N) is 6. The summed E-state index contributed by atoms with van der Waals surface area (Å²) in [6.07, 6.45) is 8.50. The van der Waals surface area contributed by atoms with Gasteiger partial charge in [-0.1, -0.05) is 11.3 Å². The van der Waals surface area contributed by atoms with E-state index in [4.69, 9.17) is 4.74 Å². The number of imidazole rings is 1. The van der Waals surface area contributed by atoms with E-state index in [1.165, 1.54) is 0 Å². The third kappa shape index (κ3) is 3.54. The summed E-state index contributed by atoms with van der Waals surface area (Å²) >= 11 is 0. The van der Waals surface area contributed by atoms with Crippen LogP contribution in [-0.4, -0.2) is 42.5 Å². The molecule has 1 N–H and O–H groups in total. The molecule has 3 aromatic heterocycles. The maximum absolute atomic E-state index is 12.8. The van der Waals surface area contributed by atoms with Gasteiger partial charge in [-0.15, -0.1) is 5.10 Å². The summed E-state index contributed by atoms with van der Waals surface area (Å²) in [5, 5.41) is 11.5. The molecule has 0 saturated heterocycles. The Balaban J connectivity index is 1.42. The molecule has 1 aliphatic heterocycles. The Bertz CT molecular complexity index is 1260. The lowest BCUT2D eigenvalue weighted by Crippen LogP contribution is -2.25. The van der Waals surface area contributed by atoms with Crippen molar-refractivity contribution in [2.75, 3.05) is 12.4 Å². The van der Waals surface area contributed by atoms with Gasteiger partial charge in [0.2, 0.25) is 5.91 Å². The van der Waals surface area contributed by atoms with Crippen LogP contribution < -0.4 is 10.1 Å². The molecule has 9 nitrogen and oxygen atoms in total. The second-order valence-electron chi connectivity index (χ2n) is 7.43. The summed E-state index contributed by atoms with van der Waals surface area (Å²) in [7, 11) is 1.63. The van der Waals surface area contributed by atoms with Crippen molar-refractivity contribution in [3.8, 4) is 22.7 Å². The number of benzene rings is 1. The van der Waals surface area contributed by atoms with E-state index in [1.54, 1.807) is 30.5 Å². The molecule has 1 aliphatic rings. The van der Waals surface area contributed by atoms with Gasteiger partial charge in [0.25, 0.3) is 0 Å². The topological polar surface area (TPSA) is 99.7 Å². The Hall–Kier alpha value is -4.01. The number of aromatic nitrogens is 6. The van der Waals surface area contributed by atoms with Crippen LogP contribution in [0, 0.1) is 6.92 Å². The lowest BCUT2D eigenvalue weighted by molar-refractivity contribution is -0.119. The number of amides is 1. The number of hydrogen-bond donors (Lipinski definition) is 1. The summed E-state index contributed by atoms with van der Waals surface area (Å²) in [6, 6.07) is 9.04. The normalized spacial score (nSPS) is 15.8. The Morgan fingerprint density at radius 1 is 1.19 bits per heavy atom. The highest BCUT2D eigenvalue weighted by Gasteiger charge is 2.27. The van der Waals surface area contributed by atoms with Crippen LogP contribution >= 0.6 is 0 Å². The molecule has 0 radical (unpaired) electrons. The maximum atomic E-state index is 12.8. The second-order valence-corrected chi connectivity index (χ2v) is 7.43. The molecule has 1 atom stereocenters. The second kappa shape index (κ2) is 7.67. The zero-order valence-electron chi connectivity index (χ0n) is 17.2. The average Bonchev–Trinajstić information content (AvgIpc) is 3.40. The van der Waals surface area contributed by atoms with Gasteiger partial charge in [-0.3, -0.25) is 9.78 Å². The SMILES string of the molecule is COc1cc(-c2cn(C3CCc4ncccc4NC3=O)nn2)ccc1-n1cnc(C)c1. The first-order valence-corrected chi connectivity index (χ1v) is 9.98. The van der Waals surface area contributed by atoms with Crippen LogP contribution in [-0.2, 0) is 11.2 Å². The quantitative estimate of drug-likeness (QED) is 0.550. The fourth-order valence-electron chi connectivity index (χ4n) is 3.79. The van der Waals surface area contributed by atoms with E-state index in [1.807, 2.05) is 48.0 Å². The summed E-state index contributed by atoms with van der Waals surface area (Å²) < 4.78 is 9.12. The van der Waals surface area contributed by atoms with Gasteiger partial charge >= 0.3 is 0 Å². The molecule has 9 heteroatoms. The van der Waals surface area contributed by atoms with Gasteiger partial charge in [0.15, 0.2) is 0 Å². The summed E-state index contributed by atoms with van der Waals surface area (Å²) in [6.45, 7) is 1.94. The highest BCUT2D eigenvalue weighted by Crippen LogP contribution is 2.30. The van der Waals surface area contributed by atoms with Crippen molar-refractivity contribution in [3.63, 3.8) is 0 Å². The monoisotopic (exact) mass is 415 g/mol. The first kappa shape index (κ1) is 19.0. The number of hydrogen-bond acceptors (Lipinski definition) is 6. The van der Waals surface area contributed by atoms with Gasteiger partial charge < -0.3 is 14.6 Å². The lowest BCUT2D eigenvalue weighted by Gasteiger charge is -2.12. The number of pyridine rings is 1. The molecule has 5 rings (SSSR count). The standard InChI is InChI=1S/C22H21N7O2/c1-14-11-28(13-24-14)19-7-5-15(10-21(19)31-2)18-12-29(27-26-18)20-8-6-16-17(25-22(20)30)4-3-9-23-16/h3-5,7,9-13,20H,6,8H2,1-2H3,(H,25,30). The summed E-state index contributed by atoms with van der Waals surface area (Å²) in [5.41, 5.74) is 4.96. The first-order chi connectivity index (χ1) is 15.1. The van der Waals surface area contributed by atoms with E-state index in [-0.39, 0.29) is 5.91 Å². The zero-order chi connectivity index (χ0) is 21.4. The van der Waals surface area contributed by atoms with Crippen molar-refractivity contribution >= 4 is 11.6 Å². The smallest absolute Gasteiger partial charge is 0.249 e. The zero-order valence-corrected chi connectivity index (χ0v) is 17.2. The number of carbonyl (C=O) groups is 1. The van der Waals surface area contributed by atoms with E-state index < -0.39 is 6.04 Å². The van der Waals surface area contributed by atoms with Gasteiger partial charge in [0.1, 0.15) is 17.5 Å². The summed E-state index contributed by atoms with van der Waals surface area (Å²) in [4.78, 5) is 21.4. The van der Waals surface area contributed by atoms with Crippen LogP contribution in [0.15, 0.2) is 55.2 Å². The number of ether oxygens (including phenoxy) is 1. The molecule has 0 fully saturated rings. The Morgan fingerprint density at radius 2 is 2.10 bits per heavy atom. The van der Waals surface area contributed by atoms with E-state index >= 15 is 0 Å². The van der Waals surface area contributed by atoms with E-state index in [0.717, 1.165) is 28.3 Å². The van der Waals surface area contributed by atoms with Crippen molar-refractivity contribution in [3.05, 3.63) is 66.6 Å². The van der Waals surface area contributed by atoms with Gasteiger partial charge in [0.05, 0.1) is 42.4 Å². The van der Waals surface area contributed by atoms with Crippen LogP contribution in [0.25, 0.3) is 16.9 Å². The van der Waals surface area contributed by atoms with Crippen LogP contribution in [0.3, 0.4) is 0 Å². The minimum absolute atomic E-state index is 0.119. The number of anilines is 1. The lowest BCUT2D eigenvalue weighted by atomic mass is 10.1. The van der Waals surface area contributed by atoms with Gasteiger partial charge in [-0.05, 0) is 44.0 Å². The third-order valence-electron chi connectivity index (χ3n) is 5.40. The van der Waals surface area contributed by atoms with Crippen LogP contribution in [0.2, 0.25) is 0 Å². The van der Waals surface area contributed by atoms with Gasteiger partial charge in [-0.25, -0.2) is 9.67 Å². The number of fused-ring (bicyclic) bond motifs is 1. The fourth-order valence-corrected chi connectivity index (χ4v) is 3.79. The van der Waals surface area contributed by atoms with E-state index in [0.29, 0.717) is 24.3 Å². The van der Waals surface area contributed by atoms with Crippen molar-refractivity contribution < 1.29 is 9.53 Å². The molecule has 0 bridgehead atoms. The van der Waals surface area contributed by atoms with Crippen LogP contribution in [0.5, 0.6) is 5.75 Å². The van der Waals surface area contributed by atoms with Crippen molar-refractivity contribution in [2.45, 2.75) is 25.8 Å². The van der Waals surface area contributed by atoms with E-state index in [2.05, 4.69) is 25.6 Å². The number of methoxy groups -OCH3 is 1. The molecule has 156 valence electrons. The first-order valence-electron chi connectivity index (χ1n) is 9.98. The van der Waals surface area contributed by atoms with Gasteiger partial charge in [-0.2, -0.15) is 0 Å². The summed E-state index contributed by atoms with van der Waals surface area (Å²) in [5.74, 6) is 0.574. The average molecular weight is 415 g/mol. The predicted octanol–water partition coefficient (Wildman–Crippen LogP) is 2.97. The molecule has 0 saturated carbocycles. The molecule has 4 heterocycles. The largest absolute Gasteiger partial charge is 0.495 e. The Morgan fingerprint density at radius 3 is 2.90 bits per heavy atom. The minimum Gasteiger partial charge on any atom is -0.495 e. The number of rotatable bonds is 4. The highest BCUT2D eigenvalue weighted by atomic mass is 16.5. The number of carbonyl (C=O) groups excluding carboxylic acids is 1. The molecular formula is C22H21N7O2. The Labute approximate surface area is 178 Å².